The number of carbonyl (C=O) groups excluding carboxylic acids is 1. The summed E-state index contributed by atoms with van der Waals surface area (Å²) in [5.74, 6) is 1.67. The van der Waals surface area contributed by atoms with Gasteiger partial charge in [-0.25, -0.2) is 4.98 Å². The number of nitrogens with zero attached hydrogens (tertiary/aromatic N) is 3. The second kappa shape index (κ2) is 12.7. The number of aromatic nitrogens is 1. The first-order valence-corrected chi connectivity index (χ1v) is 13.7. The molecule has 1 fully saturated rings. The van der Waals surface area contributed by atoms with Crippen molar-refractivity contribution < 1.29 is 14.3 Å². The standard InChI is InChI=1S/C25H30ClN3O3S2/c1-31-21-11-10-20(26)24-23(21)27-25(34-24)29(13-6-12-28-14-16-32-17-15-28)22(30)9-5-18-33-19-7-3-2-4-8-19/h2-4,7-8,10-11H,5-6,9,12-18H2,1H3. The Labute approximate surface area is 214 Å². The highest BCUT2D eigenvalue weighted by Crippen LogP contribution is 2.39. The number of thiazole rings is 1. The summed E-state index contributed by atoms with van der Waals surface area (Å²) >= 11 is 9.68. The highest BCUT2D eigenvalue weighted by atomic mass is 35.5. The maximum absolute atomic E-state index is 13.3. The molecule has 4 rings (SSSR count). The van der Waals surface area contributed by atoms with Crippen LogP contribution >= 0.6 is 34.7 Å². The summed E-state index contributed by atoms with van der Waals surface area (Å²) in [6.07, 6.45) is 2.18. The molecule has 0 spiro atoms. The average Bonchev–Trinajstić information content (AvgIpc) is 3.32. The number of anilines is 1. The fraction of sp³-hybridized carbons (Fsp3) is 0.440. The van der Waals surface area contributed by atoms with Gasteiger partial charge in [-0.1, -0.05) is 41.1 Å². The van der Waals surface area contributed by atoms with Gasteiger partial charge in [-0.05, 0) is 42.9 Å². The zero-order valence-corrected chi connectivity index (χ0v) is 21.8. The molecule has 0 bridgehead atoms. The van der Waals surface area contributed by atoms with Crippen molar-refractivity contribution >= 4 is 56.0 Å². The summed E-state index contributed by atoms with van der Waals surface area (Å²) in [6, 6.07) is 13.9. The number of halogens is 1. The number of hydrogen-bond donors (Lipinski definition) is 0. The zero-order chi connectivity index (χ0) is 23.8. The van der Waals surface area contributed by atoms with Crippen molar-refractivity contribution in [1.29, 1.82) is 0 Å². The Hall–Kier alpha value is -1.84. The number of thioether (sulfide) groups is 1. The number of rotatable bonds is 11. The van der Waals surface area contributed by atoms with Crippen LogP contribution in [0.1, 0.15) is 19.3 Å². The van der Waals surface area contributed by atoms with Crippen LogP contribution in [0.2, 0.25) is 5.02 Å². The molecule has 6 nitrogen and oxygen atoms in total. The molecule has 0 saturated carbocycles. The summed E-state index contributed by atoms with van der Waals surface area (Å²) in [5, 5.41) is 1.31. The van der Waals surface area contributed by atoms with Crippen molar-refractivity contribution in [2.45, 2.75) is 24.2 Å². The lowest BCUT2D eigenvalue weighted by atomic mass is 10.2. The summed E-state index contributed by atoms with van der Waals surface area (Å²) in [4.78, 5) is 23.6. The number of carbonyl (C=O) groups is 1. The molecule has 0 radical (unpaired) electrons. The quantitative estimate of drug-likeness (QED) is 0.243. The summed E-state index contributed by atoms with van der Waals surface area (Å²) in [5.41, 5.74) is 0.709. The van der Waals surface area contributed by atoms with E-state index in [1.807, 2.05) is 35.2 Å². The Morgan fingerprint density at radius 3 is 2.76 bits per heavy atom. The van der Waals surface area contributed by atoms with Crippen LogP contribution in [0.3, 0.4) is 0 Å². The van der Waals surface area contributed by atoms with Crippen LogP contribution in [0.15, 0.2) is 47.4 Å². The highest BCUT2D eigenvalue weighted by molar-refractivity contribution is 7.99. The van der Waals surface area contributed by atoms with Gasteiger partial charge in [0.25, 0.3) is 0 Å². The molecule has 0 N–H and O–H groups in total. The van der Waals surface area contributed by atoms with E-state index in [-0.39, 0.29) is 5.91 Å². The third kappa shape index (κ3) is 6.64. The first-order valence-electron chi connectivity index (χ1n) is 11.6. The molecule has 1 aromatic heterocycles. The molecule has 34 heavy (non-hydrogen) atoms. The minimum Gasteiger partial charge on any atom is -0.494 e. The monoisotopic (exact) mass is 519 g/mol. The second-order valence-corrected chi connectivity index (χ2v) is 10.6. The Morgan fingerprint density at radius 2 is 2.00 bits per heavy atom. The summed E-state index contributed by atoms with van der Waals surface area (Å²) in [6.45, 7) is 5.00. The first-order chi connectivity index (χ1) is 16.7. The van der Waals surface area contributed by atoms with Gasteiger partial charge in [0.05, 0.1) is 30.0 Å². The minimum atomic E-state index is 0.102. The predicted molar refractivity (Wildman–Crippen MR) is 142 cm³/mol. The highest BCUT2D eigenvalue weighted by Gasteiger charge is 2.22. The Kier molecular flexibility index (Phi) is 9.47. The summed E-state index contributed by atoms with van der Waals surface area (Å²) < 4.78 is 11.8. The topological polar surface area (TPSA) is 54.9 Å². The lowest BCUT2D eigenvalue weighted by Crippen LogP contribution is -2.39. The van der Waals surface area contributed by atoms with Gasteiger partial charge in [0.15, 0.2) is 5.13 Å². The molecular weight excluding hydrogens is 490 g/mol. The Balaban J connectivity index is 1.44. The van der Waals surface area contributed by atoms with Crippen LogP contribution in [0.4, 0.5) is 5.13 Å². The third-order valence-corrected chi connectivity index (χ3v) is 8.34. The van der Waals surface area contributed by atoms with Crippen LogP contribution in [0.25, 0.3) is 10.2 Å². The van der Waals surface area contributed by atoms with E-state index in [4.69, 9.17) is 26.1 Å². The van der Waals surface area contributed by atoms with E-state index >= 15 is 0 Å². The molecule has 1 aliphatic heterocycles. The number of methoxy groups -OCH3 is 1. The predicted octanol–water partition coefficient (Wildman–Crippen LogP) is 5.59. The lowest BCUT2D eigenvalue weighted by molar-refractivity contribution is -0.118. The van der Waals surface area contributed by atoms with E-state index in [1.54, 1.807) is 18.9 Å². The van der Waals surface area contributed by atoms with Gasteiger partial charge >= 0.3 is 0 Å². The van der Waals surface area contributed by atoms with Crippen LogP contribution in [-0.4, -0.2) is 68.0 Å². The van der Waals surface area contributed by atoms with Crippen molar-refractivity contribution in [2.24, 2.45) is 0 Å². The molecule has 1 saturated heterocycles. The third-order valence-electron chi connectivity index (χ3n) is 5.71. The minimum absolute atomic E-state index is 0.102. The molecule has 9 heteroatoms. The largest absolute Gasteiger partial charge is 0.494 e. The van der Waals surface area contributed by atoms with Crippen molar-refractivity contribution in [1.82, 2.24) is 9.88 Å². The Bertz CT molecular complexity index is 1070. The molecular formula is C25H30ClN3O3S2. The van der Waals surface area contributed by atoms with E-state index in [0.717, 1.165) is 56.1 Å². The van der Waals surface area contributed by atoms with Crippen molar-refractivity contribution in [3.63, 3.8) is 0 Å². The SMILES string of the molecule is COc1ccc(Cl)c2sc(N(CCCN3CCOCC3)C(=O)CCCSc3ccccc3)nc12. The maximum atomic E-state index is 13.3. The van der Waals surface area contributed by atoms with Gasteiger partial charge in [0.2, 0.25) is 5.91 Å². The van der Waals surface area contributed by atoms with E-state index in [0.29, 0.717) is 34.4 Å². The number of fused-ring (bicyclic) bond motifs is 1. The molecule has 0 atom stereocenters. The number of amides is 1. The molecule has 182 valence electrons. The van der Waals surface area contributed by atoms with Crippen LogP contribution < -0.4 is 9.64 Å². The lowest BCUT2D eigenvalue weighted by Gasteiger charge is -2.27. The smallest absolute Gasteiger partial charge is 0.228 e. The fourth-order valence-electron chi connectivity index (χ4n) is 3.89. The van der Waals surface area contributed by atoms with E-state index in [9.17, 15) is 4.79 Å². The van der Waals surface area contributed by atoms with Gasteiger partial charge in [-0.3, -0.25) is 14.6 Å². The number of morpholine rings is 1. The Morgan fingerprint density at radius 1 is 1.21 bits per heavy atom. The van der Waals surface area contributed by atoms with E-state index in [2.05, 4.69) is 17.0 Å². The molecule has 0 unspecified atom stereocenters. The fourth-order valence-corrected chi connectivity index (χ4v) is 6.06. The van der Waals surface area contributed by atoms with Crippen LogP contribution in [0, 0.1) is 0 Å². The summed E-state index contributed by atoms with van der Waals surface area (Å²) in [7, 11) is 1.62. The van der Waals surface area contributed by atoms with Crippen LogP contribution in [-0.2, 0) is 9.53 Å². The molecule has 0 aliphatic carbocycles. The first kappa shape index (κ1) is 25.3. The number of hydrogen-bond acceptors (Lipinski definition) is 7. The number of benzene rings is 2. The van der Waals surface area contributed by atoms with Gasteiger partial charge in [-0.2, -0.15) is 0 Å². The molecule has 2 aromatic carbocycles. The van der Waals surface area contributed by atoms with Gasteiger partial charge in [0, 0.05) is 37.5 Å². The molecule has 2 heterocycles. The van der Waals surface area contributed by atoms with Crippen LogP contribution in [0.5, 0.6) is 5.75 Å². The van der Waals surface area contributed by atoms with E-state index in [1.165, 1.54) is 16.2 Å². The normalized spacial score (nSPS) is 14.4. The van der Waals surface area contributed by atoms with Gasteiger partial charge in [0.1, 0.15) is 11.3 Å². The molecule has 3 aromatic rings. The van der Waals surface area contributed by atoms with Crippen molar-refractivity contribution in [2.75, 3.05) is 57.2 Å². The van der Waals surface area contributed by atoms with E-state index < -0.39 is 0 Å². The van der Waals surface area contributed by atoms with Crippen molar-refractivity contribution in [3.8, 4) is 5.75 Å². The maximum Gasteiger partial charge on any atom is 0.228 e. The zero-order valence-electron chi connectivity index (χ0n) is 19.4. The van der Waals surface area contributed by atoms with Gasteiger partial charge < -0.3 is 9.47 Å². The average molecular weight is 520 g/mol. The van der Waals surface area contributed by atoms with Gasteiger partial charge in [-0.15, -0.1) is 11.8 Å². The number of ether oxygens (including phenoxy) is 2. The molecule has 1 amide bonds. The second-order valence-electron chi connectivity index (χ2n) is 8.04. The van der Waals surface area contributed by atoms with Crippen molar-refractivity contribution in [3.05, 3.63) is 47.5 Å². The molecule has 1 aliphatic rings.